The molecule has 3 heterocycles. The highest BCUT2D eigenvalue weighted by atomic mass is 19.4. The molecule has 2 aromatic heterocycles. The summed E-state index contributed by atoms with van der Waals surface area (Å²) in [5.74, 6) is 4.74. The molecule has 2 N–H and O–H groups in total. The summed E-state index contributed by atoms with van der Waals surface area (Å²) in [6, 6.07) is 10.4. The summed E-state index contributed by atoms with van der Waals surface area (Å²) in [5, 5.41) is 2.59. The van der Waals surface area contributed by atoms with Gasteiger partial charge in [-0.2, -0.15) is 13.2 Å². The molecule has 4 aromatic rings. The Bertz CT molecular complexity index is 1690. The van der Waals surface area contributed by atoms with Crippen molar-refractivity contribution in [3.05, 3.63) is 92.6 Å². The average molecular weight is 550 g/mol. The number of alkyl halides is 3. The van der Waals surface area contributed by atoms with Crippen molar-refractivity contribution in [2.75, 3.05) is 38.5 Å². The summed E-state index contributed by atoms with van der Waals surface area (Å²) >= 11 is 0. The van der Waals surface area contributed by atoms with Crippen LogP contribution in [0.2, 0.25) is 0 Å². The maximum atomic E-state index is 13.9. The summed E-state index contributed by atoms with van der Waals surface area (Å²) < 4.78 is 46.8. The van der Waals surface area contributed by atoms with Gasteiger partial charge in [0.1, 0.15) is 0 Å². The monoisotopic (exact) mass is 549 g/mol. The second-order valence-corrected chi connectivity index (χ2v) is 9.77. The van der Waals surface area contributed by atoms with Crippen molar-refractivity contribution in [3.63, 3.8) is 0 Å². The highest BCUT2D eigenvalue weighted by Crippen LogP contribution is 2.34. The molecule has 0 atom stereocenters. The fraction of sp³-hybridized carbons (Fsp3) is 0.276. The Morgan fingerprint density at radius 3 is 2.62 bits per heavy atom. The van der Waals surface area contributed by atoms with Gasteiger partial charge < -0.3 is 14.6 Å². The molecule has 1 aliphatic heterocycles. The predicted molar refractivity (Wildman–Crippen MR) is 144 cm³/mol. The van der Waals surface area contributed by atoms with Crippen LogP contribution in [0.3, 0.4) is 0 Å². The van der Waals surface area contributed by atoms with E-state index in [1.165, 1.54) is 18.3 Å². The number of hydrogen-bond donors (Lipinski definition) is 2. The number of piperazine rings is 1. The lowest BCUT2D eigenvalue weighted by Gasteiger charge is -2.33. The lowest BCUT2D eigenvalue weighted by Crippen LogP contribution is -2.44. The first-order chi connectivity index (χ1) is 19.0. The minimum absolute atomic E-state index is 0.0556. The molecular formula is C29H26F3N5O3. The molecule has 0 aliphatic carbocycles. The minimum atomic E-state index is -4.56. The Labute approximate surface area is 227 Å². The van der Waals surface area contributed by atoms with Crippen LogP contribution in [0, 0.1) is 18.8 Å². The molecule has 206 valence electrons. The molecule has 1 fully saturated rings. The third-order valence-electron chi connectivity index (χ3n) is 6.78. The van der Waals surface area contributed by atoms with E-state index in [0.29, 0.717) is 29.9 Å². The van der Waals surface area contributed by atoms with Crippen LogP contribution in [0.25, 0.3) is 11.2 Å². The highest BCUT2D eigenvalue weighted by Gasteiger charge is 2.34. The molecule has 1 amide bonds. The molecule has 2 aromatic carbocycles. The highest BCUT2D eigenvalue weighted by molar-refractivity contribution is 6.04. The van der Waals surface area contributed by atoms with Crippen LogP contribution >= 0.6 is 0 Å². The number of halogens is 3. The maximum Gasteiger partial charge on any atom is 0.418 e. The van der Waals surface area contributed by atoms with Gasteiger partial charge in [0, 0.05) is 67.4 Å². The first kappa shape index (κ1) is 27.2. The van der Waals surface area contributed by atoms with Gasteiger partial charge in [-0.25, -0.2) is 9.78 Å². The Balaban J connectivity index is 1.34. The van der Waals surface area contributed by atoms with Crippen LogP contribution in [0.5, 0.6) is 0 Å². The number of hydrogen-bond acceptors (Lipinski definition) is 6. The molecule has 1 aliphatic rings. The van der Waals surface area contributed by atoms with Crippen molar-refractivity contribution in [2.24, 2.45) is 0 Å². The molecule has 8 nitrogen and oxygen atoms in total. The number of aromatic amines is 1. The number of carbonyl (C=O) groups is 1. The van der Waals surface area contributed by atoms with Gasteiger partial charge in [0.05, 0.1) is 5.56 Å². The number of benzene rings is 2. The topological polar surface area (TPSA) is 94.5 Å². The number of oxazole rings is 1. The predicted octanol–water partition coefficient (Wildman–Crippen LogP) is 4.24. The van der Waals surface area contributed by atoms with E-state index in [4.69, 9.17) is 4.42 Å². The SMILES string of the molecule is Cc1ccc(C(=O)Nc2ccc(CN3CCN(C)CC3)c(C(F)(F)F)c2)cc1C#Cc1cnc2[nH]c(=O)oc2c1. The zero-order chi connectivity index (χ0) is 28.4. The number of likely N-dealkylation sites (N-methyl/N-ethyl adjacent to an activating group) is 1. The summed E-state index contributed by atoms with van der Waals surface area (Å²) in [5.41, 5.74) is 2.16. The summed E-state index contributed by atoms with van der Waals surface area (Å²) in [6.45, 7) is 5.00. The fourth-order valence-corrected chi connectivity index (χ4v) is 4.45. The zero-order valence-electron chi connectivity index (χ0n) is 21.9. The smallest absolute Gasteiger partial charge is 0.406 e. The van der Waals surface area contributed by atoms with Gasteiger partial charge >= 0.3 is 11.9 Å². The first-order valence-electron chi connectivity index (χ1n) is 12.6. The Hall–Kier alpha value is -4.40. The van der Waals surface area contributed by atoms with Gasteiger partial charge in [-0.1, -0.05) is 24.0 Å². The first-order valence-corrected chi connectivity index (χ1v) is 12.6. The van der Waals surface area contributed by atoms with Crippen LogP contribution < -0.4 is 11.1 Å². The molecule has 0 spiro atoms. The van der Waals surface area contributed by atoms with E-state index >= 15 is 0 Å². The molecular weight excluding hydrogens is 523 g/mol. The van der Waals surface area contributed by atoms with Crippen LogP contribution in [-0.4, -0.2) is 58.9 Å². The number of H-pyrrole nitrogens is 1. The summed E-state index contributed by atoms with van der Waals surface area (Å²) in [6.07, 6.45) is -3.08. The Morgan fingerprint density at radius 2 is 1.88 bits per heavy atom. The van der Waals surface area contributed by atoms with Gasteiger partial charge in [-0.3, -0.25) is 14.7 Å². The van der Waals surface area contributed by atoms with Gasteiger partial charge in [0.2, 0.25) is 0 Å². The number of fused-ring (bicyclic) bond motifs is 1. The van der Waals surface area contributed by atoms with Gasteiger partial charge in [0.15, 0.2) is 11.2 Å². The van der Waals surface area contributed by atoms with E-state index in [0.717, 1.165) is 24.7 Å². The zero-order valence-corrected chi connectivity index (χ0v) is 21.9. The number of rotatable bonds is 4. The van der Waals surface area contributed by atoms with E-state index in [1.54, 1.807) is 24.3 Å². The molecule has 1 saturated heterocycles. The molecule has 0 radical (unpaired) electrons. The third kappa shape index (κ3) is 6.25. The van der Waals surface area contributed by atoms with E-state index in [2.05, 4.69) is 32.0 Å². The third-order valence-corrected chi connectivity index (χ3v) is 6.78. The molecule has 5 rings (SSSR count). The second-order valence-electron chi connectivity index (χ2n) is 9.77. The van der Waals surface area contributed by atoms with Crippen LogP contribution in [0.4, 0.5) is 18.9 Å². The number of aromatic nitrogens is 2. The molecule has 40 heavy (non-hydrogen) atoms. The van der Waals surface area contributed by atoms with E-state index in [9.17, 15) is 22.8 Å². The lowest BCUT2D eigenvalue weighted by molar-refractivity contribution is -0.138. The number of pyridine rings is 1. The van der Waals surface area contributed by atoms with E-state index < -0.39 is 23.4 Å². The van der Waals surface area contributed by atoms with E-state index in [1.807, 2.05) is 18.9 Å². The van der Waals surface area contributed by atoms with Gasteiger partial charge in [-0.15, -0.1) is 0 Å². The quantitative estimate of drug-likeness (QED) is 0.370. The lowest BCUT2D eigenvalue weighted by atomic mass is 10.0. The van der Waals surface area contributed by atoms with Crippen molar-refractivity contribution in [3.8, 4) is 11.8 Å². The number of aryl methyl sites for hydroxylation is 1. The number of nitrogens with zero attached hydrogens (tertiary/aromatic N) is 3. The number of amides is 1. The fourth-order valence-electron chi connectivity index (χ4n) is 4.45. The number of nitrogens with one attached hydrogen (secondary N) is 2. The minimum Gasteiger partial charge on any atom is -0.406 e. The van der Waals surface area contributed by atoms with Crippen molar-refractivity contribution < 1.29 is 22.4 Å². The van der Waals surface area contributed by atoms with Crippen molar-refractivity contribution in [1.29, 1.82) is 0 Å². The summed E-state index contributed by atoms with van der Waals surface area (Å²) in [7, 11) is 1.99. The normalized spacial score (nSPS) is 14.6. The van der Waals surface area contributed by atoms with Crippen molar-refractivity contribution >= 4 is 22.8 Å². The Morgan fingerprint density at radius 1 is 1.10 bits per heavy atom. The van der Waals surface area contributed by atoms with Gasteiger partial charge in [-0.05, 0) is 49.4 Å². The summed E-state index contributed by atoms with van der Waals surface area (Å²) in [4.78, 5) is 35.0. The number of carbonyl (C=O) groups excluding carboxylic acids is 1. The van der Waals surface area contributed by atoms with Gasteiger partial charge in [0.25, 0.3) is 5.91 Å². The average Bonchev–Trinajstić information content (AvgIpc) is 3.29. The van der Waals surface area contributed by atoms with Crippen LogP contribution in [0.1, 0.15) is 38.2 Å². The molecule has 0 bridgehead atoms. The Kier molecular flexibility index (Phi) is 7.47. The number of anilines is 1. The largest absolute Gasteiger partial charge is 0.418 e. The molecule has 0 saturated carbocycles. The maximum absolute atomic E-state index is 13.9. The van der Waals surface area contributed by atoms with Crippen LogP contribution in [-0.2, 0) is 12.7 Å². The van der Waals surface area contributed by atoms with Crippen LogP contribution in [0.15, 0.2) is 57.9 Å². The van der Waals surface area contributed by atoms with E-state index in [-0.39, 0.29) is 28.9 Å². The van der Waals surface area contributed by atoms with Crippen molar-refractivity contribution in [1.82, 2.24) is 19.8 Å². The molecule has 11 heteroatoms. The standard InChI is InChI=1S/C29H26F3N5O3/c1-18-3-5-21(14-20(18)6-4-19-13-25-26(33-16-19)35-28(39)40-25)27(38)34-23-8-7-22(24(15-23)29(30,31)32)17-37-11-9-36(2)10-12-37/h3,5,7-8,13-16H,9-12,17H2,1-2H3,(H,34,38)(H,33,35,39). The van der Waals surface area contributed by atoms with Crippen molar-refractivity contribution in [2.45, 2.75) is 19.6 Å². The molecule has 0 unspecified atom stereocenters. The second kappa shape index (κ2) is 11.0.